The third-order valence-electron chi connectivity index (χ3n) is 1.98. The Balaban J connectivity index is 2.21. The van der Waals surface area contributed by atoms with Gasteiger partial charge in [0, 0.05) is 3.57 Å². The molecule has 0 aliphatic rings. The Morgan fingerprint density at radius 1 is 1.31 bits per heavy atom. The minimum atomic E-state index is -0.275. The largest absolute Gasteiger partial charge is 0.452 e. The first-order chi connectivity index (χ1) is 7.68. The van der Waals surface area contributed by atoms with Crippen molar-refractivity contribution in [2.24, 2.45) is 0 Å². The van der Waals surface area contributed by atoms with Gasteiger partial charge in [-0.05, 0) is 52.4 Å². The van der Waals surface area contributed by atoms with E-state index >= 15 is 0 Å². The number of nitrogens with one attached hydrogen (secondary N) is 1. The molecule has 0 aliphatic heterocycles. The van der Waals surface area contributed by atoms with E-state index in [0.717, 1.165) is 9.26 Å². The second-order valence-electron chi connectivity index (χ2n) is 3.04. The number of hydrogen-bond donors (Lipinski definition) is 1. The molecule has 0 saturated heterocycles. The summed E-state index contributed by atoms with van der Waals surface area (Å²) in [5, 5.41) is 2.86. The first kappa shape index (κ1) is 11.5. The molecule has 0 saturated carbocycles. The Kier molecular flexibility index (Phi) is 3.50. The molecule has 1 N–H and O–H groups in total. The molecule has 2 rings (SSSR count). The molecule has 0 aliphatic carbocycles. The summed E-state index contributed by atoms with van der Waals surface area (Å²) >= 11 is 7.86. The van der Waals surface area contributed by atoms with Crippen LogP contribution in [0.2, 0.25) is 5.22 Å². The minimum Gasteiger partial charge on any atom is -0.452 e. The summed E-state index contributed by atoms with van der Waals surface area (Å²) in [6.45, 7) is 0. The molecule has 16 heavy (non-hydrogen) atoms. The van der Waals surface area contributed by atoms with Gasteiger partial charge in [0.25, 0.3) is 5.91 Å². The van der Waals surface area contributed by atoms with E-state index in [-0.39, 0.29) is 11.1 Å². The van der Waals surface area contributed by atoms with Crippen molar-refractivity contribution in [2.75, 3.05) is 5.32 Å². The van der Waals surface area contributed by atoms with Crippen LogP contribution in [0.5, 0.6) is 0 Å². The van der Waals surface area contributed by atoms with Crippen molar-refractivity contribution in [1.29, 1.82) is 0 Å². The molecule has 0 spiro atoms. The number of carbonyl (C=O) groups is 1. The van der Waals surface area contributed by atoms with Crippen LogP contribution in [0.3, 0.4) is 0 Å². The molecular formula is C11H7ClINO2. The first-order valence-electron chi connectivity index (χ1n) is 4.47. The maximum Gasteiger partial charge on any atom is 0.260 e. The number of hydrogen-bond acceptors (Lipinski definition) is 2. The normalized spacial score (nSPS) is 10.1. The minimum absolute atomic E-state index is 0.100. The molecule has 1 heterocycles. The molecule has 0 atom stereocenters. The summed E-state index contributed by atoms with van der Waals surface area (Å²) < 4.78 is 5.82. The molecule has 0 fully saturated rings. The SMILES string of the molecule is O=C(Nc1ccccc1I)c1ccoc1Cl. The van der Waals surface area contributed by atoms with Crippen molar-refractivity contribution in [2.45, 2.75) is 0 Å². The average molecular weight is 348 g/mol. The van der Waals surface area contributed by atoms with Gasteiger partial charge >= 0.3 is 0 Å². The van der Waals surface area contributed by atoms with Crippen LogP contribution in [0.15, 0.2) is 41.0 Å². The molecule has 1 aromatic carbocycles. The van der Waals surface area contributed by atoms with E-state index in [4.69, 9.17) is 16.0 Å². The van der Waals surface area contributed by atoms with E-state index in [1.807, 2.05) is 24.3 Å². The molecule has 1 aromatic heterocycles. The molecule has 0 unspecified atom stereocenters. The third kappa shape index (κ3) is 2.38. The van der Waals surface area contributed by atoms with Crippen LogP contribution in [0.1, 0.15) is 10.4 Å². The van der Waals surface area contributed by atoms with Crippen LogP contribution in [-0.2, 0) is 0 Å². The lowest BCUT2D eigenvalue weighted by Crippen LogP contribution is -2.12. The van der Waals surface area contributed by atoms with Crippen LogP contribution in [-0.4, -0.2) is 5.91 Å². The molecule has 5 heteroatoms. The summed E-state index contributed by atoms with van der Waals surface area (Å²) in [5.74, 6) is -0.275. The molecular weight excluding hydrogens is 340 g/mol. The summed E-state index contributed by atoms with van der Waals surface area (Å²) in [7, 11) is 0. The molecule has 3 nitrogen and oxygen atoms in total. The Hall–Kier alpha value is -1.01. The van der Waals surface area contributed by atoms with Crippen molar-refractivity contribution in [3.8, 4) is 0 Å². The van der Waals surface area contributed by atoms with Gasteiger partial charge in [-0.25, -0.2) is 0 Å². The smallest absolute Gasteiger partial charge is 0.260 e. The fraction of sp³-hybridized carbons (Fsp3) is 0. The predicted octanol–water partition coefficient (Wildman–Crippen LogP) is 3.79. The van der Waals surface area contributed by atoms with E-state index in [1.54, 1.807) is 0 Å². The number of rotatable bonds is 2. The maximum absolute atomic E-state index is 11.8. The average Bonchev–Trinajstić information content (AvgIpc) is 2.68. The van der Waals surface area contributed by atoms with E-state index in [0.29, 0.717) is 5.56 Å². The number of para-hydroxylation sites is 1. The van der Waals surface area contributed by atoms with Crippen LogP contribution >= 0.6 is 34.2 Å². The lowest BCUT2D eigenvalue weighted by atomic mass is 10.3. The van der Waals surface area contributed by atoms with Crippen molar-refractivity contribution in [3.05, 3.63) is 50.9 Å². The molecule has 0 radical (unpaired) electrons. The van der Waals surface area contributed by atoms with E-state index in [9.17, 15) is 4.79 Å². The summed E-state index contributed by atoms with van der Waals surface area (Å²) in [5.41, 5.74) is 1.09. The Morgan fingerprint density at radius 2 is 2.06 bits per heavy atom. The lowest BCUT2D eigenvalue weighted by molar-refractivity contribution is 0.102. The fourth-order valence-corrected chi connectivity index (χ4v) is 1.93. The fourth-order valence-electron chi connectivity index (χ4n) is 1.21. The van der Waals surface area contributed by atoms with Crippen molar-refractivity contribution < 1.29 is 9.21 Å². The van der Waals surface area contributed by atoms with Gasteiger partial charge in [0.15, 0.2) is 0 Å². The van der Waals surface area contributed by atoms with Gasteiger partial charge in [0.05, 0.1) is 17.5 Å². The highest BCUT2D eigenvalue weighted by atomic mass is 127. The quantitative estimate of drug-likeness (QED) is 0.840. The molecule has 2 aromatic rings. The van der Waals surface area contributed by atoms with Crippen LogP contribution < -0.4 is 5.32 Å². The van der Waals surface area contributed by atoms with Crippen molar-refractivity contribution >= 4 is 45.8 Å². The Bertz CT molecular complexity index is 524. The summed E-state index contributed by atoms with van der Waals surface area (Å²) in [6, 6.07) is 9.03. The number of furan rings is 1. The van der Waals surface area contributed by atoms with Gasteiger partial charge < -0.3 is 9.73 Å². The van der Waals surface area contributed by atoms with Crippen molar-refractivity contribution in [3.63, 3.8) is 0 Å². The van der Waals surface area contributed by atoms with Gasteiger partial charge in [-0.3, -0.25) is 4.79 Å². The van der Waals surface area contributed by atoms with E-state index in [1.165, 1.54) is 12.3 Å². The zero-order valence-electron chi connectivity index (χ0n) is 8.04. The highest BCUT2D eigenvalue weighted by molar-refractivity contribution is 14.1. The first-order valence-corrected chi connectivity index (χ1v) is 5.93. The number of carbonyl (C=O) groups excluding carboxylic acids is 1. The van der Waals surface area contributed by atoms with Gasteiger partial charge in [0.1, 0.15) is 0 Å². The highest BCUT2D eigenvalue weighted by Gasteiger charge is 2.13. The van der Waals surface area contributed by atoms with Gasteiger partial charge in [0.2, 0.25) is 5.22 Å². The zero-order valence-corrected chi connectivity index (χ0v) is 10.9. The van der Waals surface area contributed by atoms with Crippen LogP contribution in [0, 0.1) is 3.57 Å². The van der Waals surface area contributed by atoms with Crippen LogP contribution in [0.25, 0.3) is 0 Å². The highest BCUT2D eigenvalue weighted by Crippen LogP contribution is 2.21. The molecule has 0 bridgehead atoms. The van der Waals surface area contributed by atoms with Crippen molar-refractivity contribution in [1.82, 2.24) is 0 Å². The summed E-state index contributed by atoms with van der Waals surface area (Å²) in [6.07, 6.45) is 1.38. The standard InChI is InChI=1S/C11H7ClINO2/c12-10-7(5-6-16-10)11(15)14-9-4-2-1-3-8(9)13/h1-6H,(H,14,15). The second kappa shape index (κ2) is 4.88. The van der Waals surface area contributed by atoms with E-state index in [2.05, 4.69) is 27.9 Å². The number of anilines is 1. The topological polar surface area (TPSA) is 42.2 Å². The lowest BCUT2D eigenvalue weighted by Gasteiger charge is -2.05. The maximum atomic E-state index is 11.8. The number of benzene rings is 1. The Labute approximate surface area is 111 Å². The monoisotopic (exact) mass is 347 g/mol. The third-order valence-corrected chi connectivity index (χ3v) is 3.22. The van der Waals surface area contributed by atoms with Gasteiger partial charge in [-0.1, -0.05) is 12.1 Å². The van der Waals surface area contributed by atoms with E-state index < -0.39 is 0 Å². The van der Waals surface area contributed by atoms with Gasteiger partial charge in [-0.15, -0.1) is 0 Å². The summed E-state index contributed by atoms with van der Waals surface area (Å²) in [4.78, 5) is 11.8. The predicted molar refractivity (Wildman–Crippen MR) is 70.8 cm³/mol. The second-order valence-corrected chi connectivity index (χ2v) is 4.55. The van der Waals surface area contributed by atoms with Gasteiger partial charge in [-0.2, -0.15) is 0 Å². The molecule has 1 amide bonds. The Morgan fingerprint density at radius 3 is 2.69 bits per heavy atom. The molecule has 82 valence electrons. The number of amides is 1. The zero-order chi connectivity index (χ0) is 11.5. The van der Waals surface area contributed by atoms with Crippen LogP contribution in [0.4, 0.5) is 5.69 Å². The number of halogens is 2.